The van der Waals surface area contributed by atoms with Crippen LogP contribution in [0.15, 0.2) is 59.8 Å². The van der Waals surface area contributed by atoms with Crippen molar-refractivity contribution in [1.82, 2.24) is 19.5 Å². The predicted molar refractivity (Wildman–Crippen MR) is 146 cm³/mol. The number of aromatic nitrogens is 4. The van der Waals surface area contributed by atoms with Gasteiger partial charge in [0.25, 0.3) is 10.0 Å². The number of aryl methyl sites for hydroxylation is 1. The van der Waals surface area contributed by atoms with E-state index in [0.29, 0.717) is 40.9 Å². The number of hydrogen-bond donors (Lipinski definition) is 4. The third kappa shape index (κ3) is 5.65. The lowest BCUT2D eigenvalue weighted by atomic mass is 9.93. The van der Waals surface area contributed by atoms with E-state index in [0.717, 1.165) is 31.4 Å². The fourth-order valence-electron chi connectivity index (χ4n) is 4.46. The van der Waals surface area contributed by atoms with Crippen LogP contribution in [0.5, 0.6) is 5.75 Å². The molecule has 200 valence electrons. The molecule has 1 fully saturated rings. The largest absolute Gasteiger partial charge is 0.497 e. The van der Waals surface area contributed by atoms with E-state index < -0.39 is 10.0 Å². The Morgan fingerprint density at radius 1 is 1.00 bits per heavy atom. The number of methoxy groups -OCH3 is 1. The monoisotopic (exact) mass is 537 g/mol. The molecule has 0 bridgehead atoms. The number of aliphatic hydroxyl groups excluding tert-OH is 1. The van der Waals surface area contributed by atoms with Crippen LogP contribution in [0, 0.1) is 0 Å². The molecule has 0 unspecified atom stereocenters. The Morgan fingerprint density at radius 2 is 1.68 bits per heavy atom. The first-order chi connectivity index (χ1) is 18.3. The van der Waals surface area contributed by atoms with E-state index in [1.54, 1.807) is 42.7 Å². The van der Waals surface area contributed by atoms with Crippen molar-refractivity contribution in [2.24, 2.45) is 0 Å². The molecule has 0 radical (unpaired) electrons. The van der Waals surface area contributed by atoms with Crippen molar-refractivity contribution in [2.45, 2.75) is 56.2 Å². The number of hydrogen-bond acceptors (Lipinski definition) is 9. The molecule has 2 heterocycles. The Labute approximate surface area is 221 Å². The number of anilines is 4. The fourth-order valence-corrected chi connectivity index (χ4v) is 5.52. The summed E-state index contributed by atoms with van der Waals surface area (Å²) >= 11 is 0. The van der Waals surface area contributed by atoms with Crippen molar-refractivity contribution >= 4 is 44.3 Å². The summed E-state index contributed by atoms with van der Waals surface area (Å²) in [5.74, 6) is 1.63. The first-order valence-corrected chi connectivity index (χ1v) is 14.0. The van der Waals surface area contributed by atoms with Gasteiger partial charge < -0.3 is 25.0 Å². The number of ether oxygens (including phenoxy) is 1. The third-order valence-electron chi connectivity index (χ3n) is 6.60. The second-order valence-corrected chi connectivity index (χ2v) is 10.9. The number of sulfonamides is 1. The molecule has 0 amide bonds. The molecule has 2 aromatic heterocycles. The van der Waals surface area contributed by atoms with Crippen molar-refractivity contribution in [1.29, 1.82) is 0 Å². The van der Waals surface area contributed by atoms with Crippen molar-refractivity contribution in [3.63, 3.8) is 0 Å². The molecule has 1 saturated carbocycles. The number of benzene rings is 2. The van der Waals surface area contributed by atoms with Crippen LogP contribution in [0.25, 0.3) is 11.2 Å². The number of rotatable bonds is 9. The van der Waals surface area contributed by atoms with Crippen molar-refractivity contribution in [2.75, 3.05) is 22.5 Å². The van der Waals surface area contributed by atoms with Gasteiger partial charge in [-0.15, -0.1) is 0 Å². The molecule has 1 aliphatic carbocycles. The summed E-state index contributed by atoms with van der Waals surface area (Å²) in [5.41, 5.74) is 2.50. The van der Waals surface area contributed by atoms with E-state index in [1.165, 1.54) is 19.2 Å². The molecule has 11 nitrogen and oxygen atoms in total. The van der Waals surface area contributed by atoms with E-state index in [9.17, 15) is 13.5 Å². The first kappa shape index (κ1) is 25.7. The maximum absolute atomic E-state index is 12.8. The first-order valence-electron chi connectivity index (χ1n) is 12.6. The minimum absolute atomic E-state index is 0.142. The number of aliphatic hydroxyl groups is 1. The van der Waals surface area contributed by atoms with Crippen molar-refractivity contribution < 1.29 is 18.3 Å². The van der Waals surface area contributed by atoms with Gasteiger partial charge >= 0.3 is 0 Å². The summed E-state index contributed by atoms with van der Waals surface area (Å²) in [6.07, 6.45) is 4.72. The molecule has 4 N–H and O–H groups in total. The van der Waals surface area contributed by atoms with Gasteiger partial charge in [-0.1, -0.05) is 0 Å². The van der Waals surface area contributed by atoms with Gasteiger partial charge in [-0.3, -0.25) is 4.72 Å². The van der Waals surface area contributed by atoms with E-state index in [4.69, 9.17) is 14.7 Å². The van der Waals surface area contributed by atoms with E-state index in [-0.39, 0.29) is 17.0 Å². The molecule has 38 heavy (non-hydrogen) atoms. The molecule has 0 atom stereocenters. The van der Waals surface area contributed by atoms with Crippen LogP contribution in [0.4, 0.5) is 23.1 Å². The summed E-state index contributed by atoms with van der Waals surface area (Å²) in [4.78, 5) is 14.1. The van der Waals surface area contributed by atoms with Crippen LogP contribution in [-0.2, 0) is 16.6 Å². The van der Waals surface area contributed by atoms with Crippen LogP contribution < -0.4 is 20.1 Å². The minimum Gasteiger partial charge on any atom is -0.497 e. The Bertz CT molecular complexity index is 1500. The van der Waals surface area contributed by atoms with E-state index >= 15 is 0 Å². The third-order valence-corrected chi connectivity index (χ3v) is 8.00. The van der Waals surface area contributed by atoms with Crippen LogP contribution >= 0.6 is 0 Å². The molecule has 4 aromatic rings. The van der Waals surface area contributed by atoms with Gasteiger partial charge in [0.05, 0.1) is 24.4 Å². The normalized spacial score (nSPS) is 17.8. The van der Waals surface area contributed by atoms with Gasteiger partial charge in [-0.25, -0.2) is 13.4 Å². The Kier molecular flexibility index (Phi) is 7.34. The Morgan fingerprint density at radius 3 is 2.34 bits per heavy atom. The summed E-state index contributed by atoms with van der Waals surface area (Å²) in [6.45, 7) is 2.74. The highest BCUT2D eigenvalue weighted by Gasteiger charge is 2.21. The molecular weight excluding hydrogens is 506 g/mol. The predicted octanol–water partition coefficient (Wildman–Crippen LogP) is 4.11. The Balaban J connectivity index is 1.35. The zero-order valence-electron chi connectivity index (χ0n) is 21.3. The quantitative estimate of drug-likeness (QED) is 0.248. The van der Waals surface area contributed by atoms with Gasteiger partial charge in [-0.2, -0.15) is 9.97 Å². The van der Waals surface area contributed by atoms with Crippen molar-refractivity contribution in [3.8, 4) is 5.75 Å². The lowest BCUT2D eigenvalue weighted by molar-refractivity contribution is 0.126. The zero-order valence-corrected chi connectivity index (χ0v) is 22.1. The molecule has 0 aliphatic heterocycles. The van der Waals surface area contributed by atoms with Gasteiger partial charge in [-0.05, 0) is 81.1 Å². The molecule has 1 aliphatic rings. The van der Waals surface area contributed by atoms with Crippen LogP contribution in [-0.4, -0.2) is 52.3 Å². The highest BCUT2D eigenvalue weighted by molar-refractivity contribution is 7.92. The maximum Gasteiger partial charge on any atom is 0.261 e. The summed E-state index contributed by atoms with van der Waals surface area (Å²) in [7, 11) is -2.22. The molecular formula is C26H31N7O4S. The van der Waals surface area contributed by atoms with E-state index in [2.05, 4.69) is 20.3 Å². The number of imidazole rings is 1. The van der Waals surface area contributed by atoms with Crippen molar-refractivity contribution in [3.05, 3.63) is 54.9 Å². The van der Waals surface area contributed by atoms with Gasteiger partial charge in [0.15, 0.2) is 17.0 Å². The summed E-state index contributed by atoms with van der Waals surface area (Å²) in [6, 6.07) is 13.3. The molecule has 12 heteroatoms. The van der Waals surface area contributed by atoms with Crippen LogP contribution in [0.2, 0.25) is 0 Å². The maximum atomic E-state index is 12.8. The molecule has 0 saturated heterocycles. The summed E-state index contributed by atoms with van der Waals surface area (Å²) in [5, 5.41) is 16.5. The topological polar surface area (TPSA) is 143 Å². The highest BCUT2D eigenvalue weighted by Crippen LogP contribution is 2.28. The average Bonchev–Trinajstić information content (AvgIpc) is 3.34. The van der Waals surface area contributed by atoms with E-state index in [1.807, 2.05) is 11.5 Å². The molecule has 5 rings (SSSR count). The SMILES string of the molecule is CCn1cnc2c(Nc3ccc(NS(=O)(=O)c4ccc(OC)cc4)cc3)nc(NC3CCC(O)CC3)nc21. The second-order valence-electron chi connectivity index (χ2n) is 9.23. The second kappa shape index (κ2) is 10.8. The zero-order chi connectivity index (χ0) is 26.7. The lowest BCUT2D eigenvalue weighted by Crippen LogP contribution is -2.29. The number of fused-ring (bicyclic) bond motifs is 1. The fraction of sp³-hybridized carbons (Fsp3) is 0.346. The van der Waals surface area contributed by atoms with Crippen LogP contribution in [0.1, 0.15) is 32.6 Å². The molecule has 0 spiro atoms. The number of nitrogens with one attached hydrogen (secondary N) is 3. The highest BCUT2D eigenvalue weighted by atomic mass is 32.2. The van der Waals surface area contributed by atoms with Gasteiger partial charge in [0.2, 0.25) is 5.95 Å². The lowest BCUT2D eigenvalue weighted by Gasteiger charge is -2.26. The average molecular weight is 538 g/mol. The smallest absolute Gasteiger partial charge is 0.261 e. The standard InChI is InChI=1S/C26H31N7O4S/c1-3-33-16-27-23-24(30-26(31-25(23)33)29-18-8-10-20(34)11-9-18)28-17-4-6-19(7-5-17)32-38(35,36)22-14-12-21(37-2)13-15-22/h4-7,12-16,18,20,32,34H,3,8-11H2,1-2H3,(H2,28,29,30,31). The molecule has 2 aromatic carbocycles. The van der Waals surface area contributed by atoms with Gasteiger partial charge in [0.1, 0.15) is 5.75 Å². The van der Waals surface area contributed by atoms with Crippen LogP contribution in [0.3, 0.4) is 0 Å². The van der Waals surface area contributed by atoms with Gasteiger partial charge in [0, 0.05) is 24.0 Å². The minimum atomic E-state index is -3.75. The Hall–Kier alpha value is -3.90. The number of nitrogens with zero attached hydrogens (tertiary/aromatic N) is 4. The summed E-state index contributed by atoms with van der Waals surface area (Å²) < 4.78 is 35.2.